The summed E-state index contributed by atoms with van der Waals surface area (Å²) < 4.78 is 19.1. The molecular formula is C20H19FN2O2S. The summed E-state index contributed by atoms with van der Waals surface area (Å²) in [5.74, 6) is 0.0130. The zero-order valence-electron chi connectivity index (χ0n) is 14.6. The molecule has 1 amide bonds. The Bertz CT molecular complexity index is 924. The molecule has 0 aliphatic rings. The van der Waals surface area contributed by atoms with Gasteiger partial charge in [0.2, 0.25) is 0 Å². The highest BCUT2D eigenvalue weighted by Crippen LogP contribution is 2.20. The van der Waals surface area contributed by atoms with Gasteiger partial charge in [-0.05, 0) is 43.2 Å². The largest absolute Gasteiger partial charge is 0.486 e. The molecule has 0 atom stereocenters. The first kappa shape index (κ1) is 18.1. The number of ether oxygens (including phenoxy) is 1. The van der Waals surface area contributed by atoms with Gasteiger partial charge in [0.25, 0.3) is 5.91 Å². The fraction of sp³-hybridized carbons (Fsp3) is 0.200. The number of carbonyl (C=O) groups excluding carboxylic acids is 1. The smallest absolute Gasteiger partial charge is 0.255 e. The van der Waals surface area contributed by atoms with Crippen LogP contribution in [0.15, 0.2) is 47.8 Å². The third kappa shape index (κ3) is 4.46. The van der Waals surface area contributed by atoms with E-state index in [1.807, 2.05) is 18.4 Å². The average Bonchev–Trinajstić information content (AvgIpc) is 3.06. The van der Waals surface area contributed by atoms with E-state index < -0.39 is 0 Å². The number of nitrogens with one attached hydrogen (secondary N) is 1. The van der Waals surface area contributed by atoms with E-state index in [1.165, 1.54) is 6.07 Å². The van der Waals surface area contributed by atoms with Gasteiger partial charge in [-0.1, -0.05) is 24.3 Å². The van der Waals surface area contributed by atoms with Gasteiger partial charge < -0.3 is 10.1 Å². The molecule has 26 heavy (non-hydrogen) atoms. The van der Waals surface area contributed by atoms with Gasteiger partial charge in [-0.25, -0.2) is 9.37 Å². The molecule has 0 radical (unpaired) electrons. The lowest BCUT2D eigenvalue weighted by Crippen LogP contribution is -2.23. The summed E-state index contributed by atoms with van der Waals surface area (Å²) in [5, 5.41) is 5.77. The first-order valence-electron chi connectivity index (χ1n) is 8.19. The third-order valence-corrected chi connectivity index (χ3v) is 4.67. The first-order valence-corrected chi connectivity index (χ1v) is 9.07. The maximum absolute atomic E-state index is 13.3. The number of hydrogen-bond donors (Lipinski definition) is 1. The summed E-state index contributed by atoms with van der Waals surface area (Å²) in [7, 11) is 0. The molecule has 3 rings (SSSR count). The van der Waals surface area contributed by atoms with Gasteiger partial charge in [0.1, 0.15) is 18.2 Å². The molecule has 1 N–H and O–H groups in total. The zero-order chi connectivity index (χ0) is 18.5. The van der Waals surface area contributed by atoms with Crippen molar-refractivity contribution >= 4 is 17.2 Å². The van der Waals surface area contributed by atoms with Gasteiger partial charge in [-0.15, -0.1) is 11.3 Å². The Balaban J connectivity index is 1.66. The molecule has 6 heteroatoms. The Morgan fingerprint density at radius 1 is 1.23 bits per heavy atom. The van der Waals surface area contributed by atoms with E-state index in [-0.39, 0.29) is 11.7 Å². The van der Waals surface area contributed by atoms with Crippen molar-refractivity contribution in [2.24, 2.45) is 0 Å². The van der Waals surface area contributed by atoms with Crippen LogP contribution in [0.3, 0.4) is 0 Å². The van der Waals surface area contributed by atoms with Crippen LogP contribution >= 0.6 is 11.3 Å². The Hall–Kier alpha value is -2.73. The van der Waals surface area contributed by atoms with E-state index in [2.05, 4.69) is 10.3 Å². The molecule has 0 aliphatic heterocycles. The van der Waals surface area contributed by atoms with Crippen molar-refractivity contribution in [3.05, 3.63) is 81.1 Å². The normalized spacial score (nSPS) is 10.6. The molecule has 3 aromatic rings. The molecule has 4 nitrogen and oxygen atoms in total. The van der Waals surface area contributed by atoms with Crippen molar-refractivity contribution in [3.8, 4) is 5.75 Å². The maximum Gasteiger partial charge on any atom is 0.255 e. The fourth-order valence-electron chi connectivity index (χ4n) is 2.50. The minimum absolute atomic E-state index is 0.239. The van der Waals surface area contributed by atoms with Crippen LogP contribution in [0.2, 0.25) is 0 Å². The van der Waals surface area contributed by atoms with E-state index in [0.29, 0.717) is 30.0 Å². The molecule has 0 spiro atoms. The number of aromatic nitrogens is 1. The van der Waals surface area contributed by atoms with Crippen molar-refractivity contribution in [2.45, 2.75) is 27.0 Å². The lowest BCUT2D eigenvalue weighted by molar-refractivity contribution is 0.0946. The summed E-state index contributed by atoms with van der Waals surface area (Å²) >= 11 is 1.56. The van der Waals surface area contributed by atoms with Crippen LogP contribution in [-0.2, 0) is 13.2 Å². The predicted octanol–water partition coefficient (Wildman–Crippen LogP) is 4.41. The number of amides is 1. The van der Waals surface area contributed by atoms with Gasteiger partial charge >= 0.3 is 0 Å². The quantitative estimate of drug-likeness (QED) is 0.699. The van der Waals surface area contributed by atoms with Crippen LogP contribution in [0.25, 0.3) is 0 Å². The highest BCUT2D eigenvalue weighted by atomic mass is 32.1. The molecule has 0 fully saturated rings. The second-order valence-corrected chi connectivity index (χ2v) is 6.97. The standard InChI is InChI=1S/C20H19FN2O2S/c1-13-9-15(7-8-18(13)21)10-22-20(24)17-5-3-4-6-19(17)25-11-16-12-26-14(2)23-16/h3-9,12H,10-11H2,1-2H3,(H,22,24). The molecular weight excluding hydrogens is 351 g/mol. The third-order valence-electron chi connectivity index (χ3n) is 3.85. The van der Waals surface area contributed by atoms with Crippen molar-refractivity contribution in [3.63, 3.8) is 0 Å². The second kappa shape index (κ2) is 8.10. The van der Waals surface area contributed by atoms with Crippen molar-refractivity contribution in [1.29, 1.82) is 0 Å². The molecule has 1 aromatic heterocycles. The SMILES string of the molecule is Cc1nc(COc2ccccc2C(=O)NCc2ccc(F)c(C)c2)cs1. The van der Waals surface area contributed by atoms with Crippen LogP contribution in [0.1, 0.15) is 32.2 Å². The molecule has 0 bridgehead atoms. The molecule has 0 unspecified atom stereocenters. The highest BCUT2D eigenvalue weighted by Gasteiger charge is 2.13. The minimum Gasteiger partial charge on any atom is -0.486 e. The van der Waals surface area contributed by atoms with E-state index in [1.54, 1.807) is 48.6 Å². The number of para-hydroxylation sites is 1. The summed E-state index contributed by atoms with van der Waals surface area (Å²) in [6.07, 6.45) is 0. The molecule has 0 saturated carbocycles. The van der Waals surface area contributed by atoms with Crippen molar-refractivity contribution in [2.75, 3.05) is 0 Å². The lowest BCUT2D eigenvalue weighted by Gasteiger charge is -2.11. The van der Waals surface area contributed by atoms with Crippen LogP contribution in [-0.4, -0.2) is 10.9 Å². The van der Waals surface area contributed by atoms with E-state index in [9.17, 15) is 9.18 Å². The number of hydrogen-bond acceptors (Lipinski definition) is 4. The molecule has 0 aliphatic carbocycles. The second-order valence-electron chi connectivity index (χ2n) is 5.91. The fourth-order valence-corrected chi connectivity index (χ4v) is 3.10. The van der Waals surface area contributed by atoms with E-state index in [0.717, 1.165) is 16.3 Å². The summed E-state index contributed by atoms with van der Waals surface area (Å²) in [6.45, 7) is 4.27. The van der Waals surface area contributed by atoms with Crippen LogP contribution in [0, 0.1) is 19.7 Å². The topological polar surface area (TPSA) is 51.2 Å². The van der Waals surface area contributed by atoms with Gasteiger partial charge in [0.05, 0.1) is 16.3 Å². The van der Waals surface area contributed by atoms with Crippen molar-refractivity contribution in [1.82, 2.24) is 10.3 Å². The van der Waals surface area contributed by atoms with Gasteiger partial charge in [0.15, 0.2) is 0 Å². The molecule has 0 saturated heterocycles. The average molecular weight is 370 g/mol. The predicted molar refractivity (Wildman–Crippen MR) is 99.9 cm³/mol. The summed E-state index contributed by atoms with van der Waals surface area (Å²) in [5.41, 5.74) is 2.69. The number of halogens is 1. The van der Waals surface area contributed by atoms with E-state index >= 15 is 0 Å². The van der Waals surface area contributed by atoms with Gasteiger partial charge in [-0.3, -0.25) is 4.79 Å². The maximum atomic E-state index is 13.3. The molecule has 1 heterocycles. The van der Waals surface area contributed by atoms with E-state index in [4.69, 9.17) is 4.74 Å². The van der Waals surface area contributed by atoms with Gasteiger partial charge in [-0.2, -0.15) is 0 Å². The Labute approximate surface area is 155 Å². The minimum atomic E-state index is -0.254. The summed E-state index contributed by atoms with van der Waals surface area (Å²) in [4.78, 5) is 16.9. The lowest BCUT2D eigenvalue weighted by atomic mass is 10.1. The Morgan fingerprint density at radius 3 is 2.77 bits per heavy atom. The first-order chi connectivity index (χ1) is 12.5. The monoisotopic (exact) mass is 370 g/mol. The Kier molecular flexibility index (Phi) is 5.63. The number of carbonyl (C=O) groups is 1. The van der Waals surface area contributed by atoms with Crippen LogP contribution in [0.4, 0.5) is 4.39 Å². The summed E-state index contributed by atoms with van der Waals surface area (Å²) in [6, 6.07) is 11.9. The number of nitrogens with zero attached hydrogens (tertiary/aromatic N) is 1. The number of aryl methyl sites for hydroxylation is 2. The molecule has 2 aromatic carbocycles. The zero-order valence-corrected chi connectivity index (χ0v) is 15.4. The molecule has 134 valence electrons. The number of benzene rings is 2. The number of rotatable bonds is 6. The van der Waals surface area contributed by atoms with Crippen molar-refractivity contribution < 1.29 is 13.9 Å². The van der Waals surface area contributed by atoms with Crippen LogP contribution in [0.5, 0.6) is 5.75 Å². The van der Waals surface area contributed by atoms with Gasteiger partial charge in [0, 0.05) is 11.9 Å². The Morgan fingerprint density at radius 2 is 2.04 bits per heavy atom. The number of thiazole rings is 1. The highest BCUT2D eigenvalue weighted by molar-refractivity contribution is 7.09. The van der Waals surface area contributed by atoms with Crippen LogP contribution < -0.4 is 10.1 Å².